The third-order valence-electron chi connectivity index (χ3n) is 4.19. The van der Waals surface area contributed by atoms with Gasteiger partial charge in [-0.3, -0.25) is 9.59 Å². The van der Waals surface area contributed by atoms with E-state index in [2.05, 4.69) is 10.2 Å². The molecule has 1 aliphatic heterocycles. The van der Waals surface area contributed by atoms with Gasteiger partial charge in [0.2, 0.25) is 5.91 Å². The fourth-order valence-electron chi connectivity index (χ4n) is 2.93. The molecule has 1 fully saturated rings. The van der Waals surface area contributed by atoms with Gasteiger partial charge < -0.3 is 15.1 Å². The largest absolute Gasteiger partial charge is 0.368 e. The second-order valence-corrected chi connectivity index (χ2v) is 6.02. The number of nitrogens with zero attached hydrogens (tertiary/aromatic N) is 2. The smallest absolute Gasteiger partial charge is 0.253 e. The van der Waals surface area contributed by atoms with Crippen LogP contribution in [-0.2, 0) is 4.79 Å². The van der Waals surface area contributed by atoms with Crippen LogP contribution in [0.15, 0.2) is 48.5 Å². The number of benzene rings is 2. The minimum absolute atomic E-state index is 0.0772. The first-order valence-electron chi connectivity index (χ1n) is 8.20. The first kappa shape index (κ1) is 17.0. The zero-order valence-electron chi connectivity index (χ0n) is 14.0. The van der Waals surface area contributed by atoms with Crippen molar-refractivity contribution in [2.75, 3.05) is 36.4 Å². The Labute approximate surface area is 146 Å². The minimum Gasteiger partial charge on any atom is -0.368 e. The molecule has 0 aliphatic carbocycles. The van der Waals surface area contributed by atoms with Crippen LogP contribution in [0.3, 0.4) is 0 Å². The highest BCUT2D eigenvalue weighted by atomic mass is 19.1. The molecule has 2 aromatic rings. The zero-order valence-corrected chi connectivity index (χ0v) is 14.0. The van der Waals surface area contributed by atoms with Gasteiger partial charge in [-0.2, -0.15) is 0 Å². The van der Waals surface area contributed by atoms with Gasteiger partial charge in [-0.15, -0.1) is 0 Å². The quantitative estimate of drug-likeness (QED) is 0.934. The van der Waals surface area contributed by atoms with Crippen LogP contribution >= 0.6 is 0 Å². The van der Waals surface area contributed by atoms with Gasteiger partial charge in [0.25, 0.3) is 5.91 Å². The van der Waals surface area contributed by atoms with Crippen LogP contribution in [0.1, 0.15) is 17.3 Å². The van der Waals surface area contributed by atoms with Crippen molar-refractivity contribution in [3.8, 4) is 0 Å². The van der Waals surface area contributed by atoms with E-state index in [-0.39, 0.29) is 17.6 Å². The predicted octanol–water partition coefficient (Wildman–Crippen LogP) is 2.75. The molecule has 0 atom stereocenters. The molecule has 1 N–H and O–H groups in total. The van der Waals surface area contributed by atoms with Crippen molar-refractivity contribution < 1.29 is 14.0 Å². The van der Waals surface area contributed by atoms with E-state index in [9.17, 15) is 14.0 Å². The standard InChI is InChI=1S/C19H20FN3O2/c1-14(24)21-17-3-2-4-18(13-17)22-9-11-23(12-10-22)19(25)15-5-7-16(20)8-6-15/h2-8,13H,9-12H2,1H3,(H,21,24). The SMILES string of the molecule is CC(=O)Nc1cccc(N2CCN(C(=O)c3ccc(F)cc3)CC2)c1. The number of carbonyl (C=O) groups is 2. The van der Waals surface area contributed by atoms with Crippen molar-refractivity contribution in [3.63, 3.8) is 0 Å². The molecular formula is C19H20FN3O2. The Kier molecular flexibility index (Phi) is 4.97. The van der Waals surface area contributed by atoms with Crippen molar-refractivity contribution in [2.45, 2.75) is 6.92 Å². The first-order chi connectivity index (χ1) is 12.0. The second kappa shape index (κ2) is 7.34. The van der Waals surface area contributed by atoms with Gasteiger partial charge in [0, 0.05) is 50.0 Å². The van der Waals surface area contributed by atoms with Crippen LogP contribution < -0.4 is 10.2 Å². The summed E-state index contributed by atoms with van der Waals surface area (Å²) in [4.78, 5) is 27.6. The predicted molar refractivity (Wildman–Crippen MR) is 95.3 cm³/mol. The van der Waals surface area contributed by atoms with Gasteiger partial charge in [-0.25, -0.2) is 4.39 Å². The van der Waals surface area contributed by atoms with Crippen LogP contribution in [0.5, 0.6) is 0 Å². The normalized spacial score (nSPS) is 14.3. The zero-order chi connectivity index (χ0) is 17.8. The average molecular weight is 341 g/mol. The molecule has 5 nitrogen and oxygen atoms in total. The molecule has 25 heavy (non-hydrogen) atoms. The molecule has 6 heteroatoms. The monoisotopic (exact) mass is 341 g/mol. The van der Waals surface area contributed by atoms with Crippen molar-refractivity contribution in [3.05, 3.63) is 59.9 Å². The number of hydrogen-bond donors (Lipinski definition) is 1. The molecule has 2 aromatic carbocycles. The molecular weight excluding hydrogens is 321 g/mol. The van der Waals surface area contributed by atoms with E-state index >= 15 is 0 Å². The van der Waals surface area contributed by atoms with Gasteiger partial charge in [-0.1, -0.05) is 6.07 Å². The van der Waals surface area contributed by atoms with Crippen LogP contribution in [0.25, 0.3) is 0 Å². The van der Waals surface area contributed by atoms with Crippen molar-refractivity contribution >= 4 is 23.2 Å². The molecule has 130 valence electrons. The summed E-state index contributed by atoms with van der Waals surface area (Å²) in [6.45, 7) is 4.08. The summed E-state index contributed by atoms with van der Waals surface area (Å²) in [5.74, 6) is -0.529. The Morgan fingerprint density at radius 3 is 2.32 bits per heavy atom. The van der Waals surface area contributed by atoms with E-state index in [0.29, 0.717) is 31.7 Å². The van der Waals surface area contributed by atoms with Crippen molar-refractivity contribution in [1.82, 2.24) is 4.90 Å². The summed E-state index contributed by atoms with van der Waals surface area (Å²) >= 11 is 0. The van der Waals surface area contributed by atoms with Gasteiger partial charge in [-0.05, 0) is 42.5 Å². The van der Waals surface area contributed by atoms with Gasteiger partial charge in [0.15, 0.2) is 0 Å². The number of amides is 2. The fraction of sp³-hybridized carbons (Fsp3) is 0.263. The lowest BCUT2D eigenvalue weighted by Gasteiger charge is -2.36. The number of piperazine rings is 1. The molecule has 1 heterocycles. The Morgan fingerprint density at radius 1 is 1.00 bits per heavy atom. The van der Waals surface area contributed by atoms with Crippen LogP contribution in [0.4, 0.5) is 15.8 Å². The lowest BCUT2D eigenvalue weighted by atomic mass is 10.1. The van der Waals surface area contributed by atoms with Gasteiger partial charge >= 0.3 is 0 Å². The van der Waals surface area contributed by atoms with E-state index in [0.717, 1.165) is 11.4 Å². The maximum Gasteiger partial charge on any atom is 0.253 e. The molecule has 0 aromatic heterocycles. The maximum atomic E-state index is 13.0. The van der Waals surface area contributed by atoms with E-state index in [4.69, 9.17) is 0 Å². The van der Waals surface area contributed by atoms with E-state index < -0.39 is 0 Å². The fourth-order valence-corrected chi connectivity index (χ4v) is 2.93. The highest BCUT2D eigenvalue weighted by Crippen LogP contribution is 2.21. The number of anilines is 2. The Hall–Kier alpha value is -2.89. The Morgan fingerprint density at radius 2 is 1.68 bits per heavy atom. The summed E-state index contributed by atoms with van der Waals surface area (Å²) < 4.78 is 13.0. The third kappa shape index (κ3) is 4.15. The number of hydrogen-bond acceptors (Lipinski definition) is 3. The summed E-state index contributed by atoms with van der Waals surface area (Å²) in [6, 6.07) is 13.3. The average Bonchev–Trinajstić information content (AvgIpc) is 2.62. The lowest BCUT2D eigenvalue weighted by Crippen LogP contribution is -2.48. The molecule has 0 spiro atoms. The summed E-state index contributed by atoms with van der Waals surface area (Å²) in [5.41, 5.74) is 2.28. The molecule has 3 rings (SSSR count). The number of carbonyl (C=O) groups excluding carboxylic acids is 2. The molecule has 1 aliphatic rings. The number of rotatable bonds is 3. The lowest BCUT2D eigenvalue weighted by molar-refractivity contribution is -0.114. The minimum atomic E-state index is -0.347. The van der Waals surface area contributed by atoms with Crippen LogP contribution in [0.2, 0.25) is 0 Å². The third-order valence-corrected chi connectivity index (χ3v) is 4.19. The molecule has 0 saturated carbocycles. The highest BCUT2D eigenvalue weighted by Gasteiger charge is 2.22. The van der Waals surface area contributed by atoms with Gasteiger partial charge in [0.05, 0.1) is 0 Å². The summed E-state index contributed by atoms with van der Waals surface area (Å²) in [5, 5.41) is 2.78. The molecule has 1 saturated heterocycles. The van der Waals surface area contributed by atoms with Crippen LogP contribution in [0, 0.1) is 5.82 Å². The molecule has 0 radical (unpaired) electrons. The van der Waals surface area contributed by atoms with E-state index in [1.54, 1.807) is 4.90 Å². The Balaban J connectivity index is 1.62. The molecule has 0 bridgehead atoms. The molecule has 0 unspecified atom stereocenters. The van der Waals surface area contributed by atoms with Crippen molar-refractivity contribution in [2.24, 2.45) is 0 Å². The Bertz CT molecular complexity index is 768. The number of nitrogens with one attached hydrogen (secondary N) is 1. The number of halogens is 1. The van der Waals surface area contributed by atoms with Crippen LogP contribution in [-0.4, -0.2) is 42.9 Å². The second-order valence-electron chi connectivity index (χ2n) is 6.02. The van der Waals surface area contributed by atoms with E-state index in [1.807, 2.05) is 24.3 Å². The summed E-state index contributed by atoms with van der Waals surface area (Å²) in [7, 11) is 0. The first-order valence-corrected chi connectivity index (χ1v) is 8.20. The van der Waals surface area contributed by atoms with E-state index in [1.165, 1.54) is 31.2 Å². The highest BCUT2D eigenvalue weighted by molar-refractivity contribution is 5.94. The molecule has 2 amide bonds. The van der Waals surface area contributed by atoms with Gasteiger partial charge in [0.1, 0.15) is 5.82 Å². The maximum absolute atomic E-state index is 13.0. The van der Waals surface area contributed by atoms with Crippen molar-refractivity contribution in [1.29, 1.82) is 0 Å². The summed E-state index contributed by atoms with van der Waals surface area (Å²) in [6.07, 6.45) is 0. The topological polar surface area (TPSA) is 52.7 Å².